The minimum Gasteiger partial charge on any atom is -0.409 e. The lowest BCUT2D eigenvalue weighted by atomic mass is 9.86. The molecule has 0 bridgehead atoms. The van der Waals surface area contributed by atoms with Gasteiger partial charge >= 0.3 is 0 Å². The van der Waals surface area contributed by atoms with Gasteiger partial charge in [0, 0.05) is 24.4 Å². The maximum Gasteiger partial charge on any atom is 0.144 e. The Labute approximate surface area is 121 Å². The molecule has 116 valence electrons. The molecule has 2 aliphatic rings. The van der Waals surface area contributed by atoms with Gasteiger partial charge in [-0.25, -0.2) is 0 Å². The van der Waals surface area contributed by atoms with Crippen molar-refractivity contribution in [1.29, 1.82) is 0 Å². The van der Waals surface area contributed by atoms with Gasteiger partial charge < -0.3 is 20.9 Å². The third-order valence-electron chi connectivity index (χ3n) is 5.22. The molecule has 0 aromatic heterocycles. The number of rotatable bonds is 6. The smallest absolute Gasteiger partial charge is 0.144 e. The summed E-state index contributed by atoms with van der Waals surface area (Å²) in [7, 11) is 0. The summed E-state index contributed by atoms with van der Waals surface area (Å²) in [5.74, 6) is 1.55. The van der Waals surface area contributed by atoms with E-state index in [-0.39, 0.29) is 11.5 Å². The fourth-order valence-electron chi connectivity index (χ4n) is 3.68. The standard InChI is InChI=1S/C15H29N3O2/c1-15(2,14(16)17-20)7-3-4-8-18-9-11-5-6-13(19)12(11)10-18/h11-13,19-20H,3-10H2,1-2H3,(H2,16,17). The van der Waals surface area contributed by atoms with Gasteiger partial charge in [-0.15, -0.1) is 0 Å². The number of unbranched alkanes of at least 4 members (excludes halogenated alkanes) is 1. The summed E-state index contributed by atoms with van der Waals surface area (Å²) >= 11 is 0. The molecule has 5 nitrogen and oxygen atoms in total. The lowest BCUT2D eigenvalue weighted by Gasteiger charge is -2.23. The van der Waals surface area contributed by atoms with Gasteiger partial charge in [0.25, 0.3) is 0 Å². The molecule has 1 saturated heterocycles. The molecule has 2 rings (SSSR count). The van der Waals surface area contributed by atoms with Crippen LogP contribution in [0.4, 0.5) is 0 Å². The molecule has 2 fully saturated rings. The molecule has 3 unspecified atom stereocenters. The van der Waals surface area contributed by atoms with E-state index in [9.17, 15) is 5.11 Å². The Hall–Kier alpha value is -0.810. The fraction of sp³-hybridized carbons (Fsp3) is 0.933. The number of hydrogen-bond acceptors (Lipinski definition) is 4. The Morgan fingerprint density at radius 3 is 2.70 bits per heavy atom. The van der Waals surface area contributed by atoms with E-state index >= 15 is 0 Å². The molecule has 1 heterocycles. The van der Waals surface area contributed by atoms with Crippen molar-refractivity contribution in [2.45, 2.75) is 52.1 Å². The molecule has 5 heteroatoms. The zero-order valence-electron chi connectivity index (χ0n) is 12.8. The van der Waals surface area contributed by atoms with E-state index in [1.807, 2.05) is 13.8 Å². The minimum absolute atomic E-state index is 0.0653. The lowest BCUT2D eigenvalue weighted by Crippen LogP contribution is -2.32. The van der Waals surface area contributed by atoms with Gasteiger partial charge in [0.15, 0.2) is 0 Å². The Kier molecular flexibility index (Phi) is 4.91. The molecule has 0 amide bonds. The summed E-state index contributed by atoms with van der Waals surface area (Å²) < 4.78 is 0. The molecule has 1 aliphatic carbocycles. The van der Waals surface area contributed by atoms with Gasteiger partial charge in [0.05, 0.1) is 6.10 Å². The van der Waals surface area contributed by atoms with Crippen LogP contribution >= 0.6 is 0 Å². The molecule has 0 aromatic carbocycles. The topological polar surface area (TPSA) is 82.1 Å². The van der Waals surface area contributed by atoms with Crippen molar-refractivity contribution >= 4 is 5.84 Å². The van der Waals surface area contributed by atoms with Gasteiger partial charge in [-0.3, -0.25) is 0 Å². The van der Waals surface area contributed by atoms with Gasteiger partial charge in [-0.1, -0.05) is 25.4 Å². The number of nitrogens with zero attached hydrogens (tertiary/aromatic N) is 2. The van der Waals surface area contributed by atoms with Crippen LogP contribution in [0.15, 0.2) is 5.16 Å². The van der Waals surface area contributed by atoms with Gasteiger partial charge in [-0.05, 0) is 38.1 Å². The molecule has 3 atom stereocenters. The summed E-state index contributed by atoms with van der Waals surface area (Å²) in [5.41, 5.74) is 5.46. The maximum atomic E-state index is 9.91. The zero-order chi connectivity index (χ0) is 14.8. The van der Waals surface area contributed by atoms with Crippen LogP contribution in [-0.2, 0) is 0 Å². The predicted molar refractivity (Wildman–Crippen MR) is 79.7 cm³/mol. The average Bonchev–Trinajstić information content (AvgIpc) is 2.96. The second-order valence-electron chi connectivity index (χ2n) is 7.15. The second kappa shape index (κ2) is 6.31. The number of aliphatic hydroxyl groups is 1. The van der Waals surface area contributed by atoms with Crippen molar-refractivity contribution < 1.29 is 10.3 Å². The van der Waals surface area contributed by atoms with Crippen LogP contribution in [0.2, 0.25) is 0 Å². The lowest BCUT2D eigenvalue weighted by molar-refractivity contribution is 0.124. The molecular formula is C15H29N3O2. The number of hydrogen-bond donors (Lipinski definition) is 3. The van der Waals surface area contributed by atoms with Gasteiger partial charge in [-0.2, -0.15) is 0 Å². The first-order valence-corrected chi connectivity index (χ1v) is 7.82. The van der Waals surface area contributed by atoms with Crippen LogP contribution in [0.3, 0.4) is 0 Å². The second-order valence-corrected chi connectivity index (χ2v) is 7.15. The molecule has 0 aromatic rings. The molecule has 4 N–H and O–H groups in total. The van der Waals surface area contributed by atoms with E-state index in [1.54, 1.807) is 0 Å². The van der Waals surface area contributed by atoms with Crippen LogP contribution in [-0.4, -0.2) is 46.8 Å². The first-order chi connectivity index (χ1) is 9.44. The van der Waals surface area contributed by atoms with Gasteiger partial charge in [0.2, 0.25) is 0 Å². The highest BCUT2D eigenvalue weighted by atomic mass is 16.4. The number of amidine groups is 1. The van der Waals surface area contributed by atoms with E-state index in [0.717, 1.165) is 51.2 Å². The Bertz CT molecular complexity index is 357. The first kappa shape index (κ1) is 15.6. The van der Waals surface area contributed by atoms with Crippen molar-refractivity contribution in [2.75, 3.05) is 19.6 Å². The van der Waals surface area contributed by atoms with Crippen molar-refractivity contribution in [1.82, 2.24) is 4.90 Å². The zero-order valence-corrected chi connectivity index (χ0v) is 12.8. The minimum atomic E-state index is -0.230. The Morgan fingerprint density at radius 2 is 2.05 bits per heavy atom. The predicted octanol–water partition coefficient (Wildman–Crippen LogP) is 1.63. The Balaban J connectivity index is 1.65. The molecule has 1 aliphatic heterocycles. The number of likely N-dealkylation sites (tertiary alicyclic amines) is 1. The summed E-state index contributed by atoms with van der Waals surface area (Å²) in [6, 6.07) is 0. The highest BCUT2D eigenvalue weighted by molar-refractivity contribution is 5.85. The van der Waals surface area contributed by atoms with Gasteiger partial charge in [0.1, 0.15) is 5.84 Å². The van der Waals surface area contributed by atoms with Crippen LogP contribution < -0.4 is 5.73 Å². The van der Waals surface area contributed by atoms with Crippen molar-refractivity contribution in [3.63, 3.8) is 0 Å². The van der Waals surface area contributed by atoms with E-state index in [4.69, 9.17) is 10.9 Å². The van der Waals surface area contributed by atoms with E-state index in [1.165, 1.54) is 6.42 Å². The first-order valence-electron chi connectivity index (χ1n) is 7.82. The van der Waals surface area contributed by atoms with E-state index < -0.39 is 0 Å². The average molecular weight is 283 g/mol. The number of fused-ring (bicyclic) bond motifs is 1. The summed E-state index contributed by atoms with van der Waals surface area (Å²) in [4.78, 5) is 2.49. The molecule has 1 saturated carbocycles. The number of aliphatic hydroxyl groups excluding tert-OH is 1. The normalized spacial score (nSPS) is 31.8. The third-order valence-corrected chi connectivity index (χ3v) is 5.22. The van der Waals surface area contributed by atoms with Crippen molar-refractivity contribution in [3.8, 4) is 0 Å². The maximum absolute atomic E-state index is 9.91. The third kappa shape index (κ3) is 3.44. The number of nitrogens with two attached hydrogens (primary N) is 1. The van der Waals surface area contributed by atoms with Crippen LogP contribution in [0, 0.1) is 17.3 Å². The van der Waals surface area contributed by atoms with E-state index in [0.29, 0.717) is 11.8 Å². The SMILES string of the molecule is CC(C)(CCCCN1CC2CCC(O)C2C1)C(N)=NO. The highest BCUT2D eigenvalue weighted by Crippen LogP contribution is 2.38. The van der Waals surface area contributed by atoms with Crippen LogP contribution in [0.1, 0.15) is 46.0 Å². The molecule has 20 heavy (non-hydrogen) atoms. The van der Waals surface area contributed by atoms with E-state index in [2.05, 4.69) is 10.1 Å². The Morgan fingerprint density at radius 1 is 1.30 bits per heavy atom. The van der Waals surface area contributed by atoms with Crippen molar-refractivity contribution in [3.05, 3.63) is 0 Å². The van der Waals surface area contributed by atoms with Crippen LogP contribution in [0.25, 0.3) is 0 Å². The largest absolute Gasteiger partial charge is 0.409 e. The quantitative estimate of drug-likeness (QED) is 0.227. The summed E-state index contributed by atoms with van der Waals surface area (Å²) in [6.45, 7) is 7.35. The fourth-order valence-corrected chi connectivity index (χ4v) is 3.68. The summed E-state index contributed by atoms with van der Waals surface area (Å²) in [6.07, 6.45) is 5.28. The van der Waals surface area contributed by atoms with Crippen LogP contribution in [0.5, 0.6) is 0 Å². The molecule has 0 radical (unpaired) electrons. The highest BCUT2D eigenvalue weighted by Gasteiger charge is 2.41. The summed E-state index contributed by atoms with van der Waals surface area (Å²) in [5, 5.41) is 21.8. The molecule has 0 spiro atoms. The van der Waals surface area contributed by atoms with Crippen molar-refractivity contribution in [2.24, 2.45) is 28.1 Å². The molecular weight excluding hydrogens is 254 g/mol. The monoisotopic (exact) mass is 283 g/mol. The number of oxime groups is 1.